The topological polar surface area (TPSA) is 102 Å². The number of H-pyrrole nitrogens is 1. The third-order valence-corrected chi connectivity index (χ3v) is 6.29. The number of unbranched alkanes of at least 4 members (excludes halogenated alkanes) is 1. The molecular weight excluding hydrogens is 404 g/mol. The van der Waals surface area contributed by atoms with Gasteiger partial charge >= 0.3 is 11.7 Å². The van der Waals surface area contributed by atoms with Crippen molar-refractivity contribution in [1.82, 2.24) is 24.4 Å². The van der Waals surface area contributed by atoms with Gasteiger partial charge in [0.25, 0.3) is 0 Å². The van der Waals surface area contributed by atoms with Gasteiger partial charge in [0.05, 0.1) is 6.61 Å². The van der Waals surface area contributed by atoms with Crippen LogP contribution in [0.25, 0.3) is 11.2 Å². The third-order valence-electron chi connectivity index (χ3n) is 6.29. The number of hydrogen-bond acceptors (Lipinski definition) is 6. The molecule has 0 radical (unpaired) electrons. The van der Waals surface area contributed by atoms with E-state index in [0.717, 1.165) is 44.8 Å². The Labute approximate surface area is 188 Å². The van der Waals surface area contributed by atoms with E-state index < -0.39 is 0 Å². The molecule has 8 nitrogen and oxygen atoms in total. The second-order valence-corrected chi connectivity index (χ2v) is 8.70. The molecule has 1 aromatic carbocycles. The van der Waals surface area contributed by atoms with Crippen molar-refractivity contribution in [3.63, 3.8) is 0 Å². The van der Waals surface area contributed by atoms with Crippen molar-refractivity contribution >= 4 is 17.0 Å². The number of aromatic amines is 1. The SMILES string of the molecule is CCCCOc1nc(N)c2[nH]c(=O)n(CCCN3CCC(Cc4ccccc4)CC3)c2n1. The van der Waals surface area contributed by atoms with E-state index in [9.17, 15) is 4.79 Å². The highest BCUT2D eigenvalue weighted by Crippen LogP contribution is 2.22. The fourth-order valence-corrected chi connectivity index (χ4v) is 4.42. The second kappa shape index (κ2) is 10.6. The molecule has 0 aliphatic carbocycles. The number of piperidine rings is 1. The van der Waals surface area contributed by atoms with Crippen LogP contribution < -0.4 is 16.2 Å². The summed E-state index contributed by atoms with van der Waals surface area (Å²) in [6.07, 6.45) is 6.45. The van der Waals surface area contributed by atoms with Gasteiger partial charge in [-0.25, -0.2) is 4.79 Å². The van der Waals surface area contributed by atoms with Crippen molar-refractivity contribution in [1.29, 1.82) is 0 Å². The Morgan fingerprint density at radius 3 is 2.66 bits per heavy atom. The van der Waals surface area contributed by atoms with Crippen LogP contribution >= 0.6 is 0 Å². The van der Waals surface area contributed by atoms with E-state index in [-0.39, 0.29) is 17.5 Å². The van der Waals surface area contributed by atoms with Crippen molar-refractivity contribution in [3.8, 4) is 6.01 Å². The Bertz CT molecular complexity index is 1050. The molecule has 3 heterocycles. The first-order chi connectivity index (χ1) is 15.6. The molecule has 2 aromatic heterocycles. The molecular formula is C24H34N6O2. The van der Waals surface area contributed by atoms with Gasteiger partial charge in [-0.3, -0.25) is 4.57 Å². The smallest absolute Gasteiger partial charge is 0.327 e. The number of ether oxygens (including phenoxy) is 1. The minimum Gasteiger partial charge on any atom is -0.463 e. The number of nitrogen functional groups attached to an aromatic ring is 1. The van der Waals surface area contributed by atoms with E-state index in [1.807, 2.05) is 0 Å². The van der Waals surface area contributed by atoms with Crippen LogP contribution in [0.2, 0.25) is 0 Å². The van der Waals surface area contributed by atoms with Crippen molar-refractivity contribution in [2.45, 2.75) is 52.0 Å². The predicted molar refractivity (Wildman–Crippen MR) is 127 cm³/mol. The molecule has 1 aliphatic heterocycles. The van der Waals surface area contributed by atoms with Gasteiger partial charge in [-0.15, -0.1) is 0 Å². The van der Waals surface area contributed by atoms with Gasteiger partial charge in [0.2, 0.25) is 0 Å². The maximum Gasteiger partial charge on any atom is 0.327 e. The van der Waals surface area contributed by atoms with Crippen LogP contribution in [-0.4, -0.2) is 50.7 Å². The Kier molecular flexibility index (Phi) is 7.42. The lowest BCUT2D eigenvalue weighted by molar-refractivity contribution is 0.180. The molecule has 172 valence electrons. The molecule has 3 aromatic rings. The Balaban J connectivity index is 1.30. The largest absolute Gasteiger partial charge is 0.463 e. The fraction of sp³-hybridized carbons (Fsp3) is 0.542. The zero-order chi connectivity index (χ0) is 22.3. The summed E-state index contributed by atoms with van der Waals surface area (Å²) in [5.74, 6) is 1.01. The number of anilines is 1. The van der Waals surface area contributed by atoms with Gasteiger partial charge in [0.15, 0.2) is 11.5 Å². The summed E-state index contributed by atoms with van der Waals surface area (Å²) in [6, 6.07) is 11.0. The minimum absolute atomic E-state index is 0.201. The van der Waals surface area contributed by atoms with Crippen molar-refractivity contribution in [2.24, 2.45) is 5.92 Å². The number of hydrogen-bond donors (Lipinski definition) is 2. The third kappa shape index (κ3) is 5.48. The van der Waals surface area contributed by atoms with Crippen LogP contribution in [0.3, 0.4) is 0 Å². The molecule has 0 bridgehead atoms. The number of benzene rings is 1. The highest BCUT2D eigenvalue weighted by molar-refractivity contribution is 5.81. The maximum absolute atomic E-state index is 12.5. The Hall–Kier alpha value is -2.87. The first kappa shape index (κ1) is 22.3. The summed E-state index contributed by atoms with van der Waals surface area (Å²) >= 11 is 0. The fourth-order valence-electron chi connectivity index (χ4n) is 4.42. The average Bonchev–Trinajstić information content (AvgIpc) is 3.12. The molecule has 0 amide bonds. The number of rotatable bonds is 10. The number of likely N-dealkylation sites (tertiary alicyclic amines) is 1. The number of nitrogens with one attached hydrogen (secondary N) is 1. The molecule has 3 N–H and O–H groups in total. The predicted octanol–water partition coefficient (Wildman–Crippen LogP) is 3.23. The van der Waals surface area contributed by atoms with Crippen molar-refractivity contribution in [3.05, 3.63) is 46.4 Å². The Morgan fingerprint density at radius 1 is 1.12 bits per heavy atom. The summed E-state index contributed by atoms with van der Waals surface area (Å²) in [4.78, 5) is 26.4. The maximum atomic E-state index is 12.5. The lowest BCUT2D eigenvalue weighted by Crippen LogP contribution is -2.35. The lowest BCUT2D eigenvalue weighted by Gasteiger charge is -2.32. The van der Waals surface area contributed by atoms with Crippen LogP contribution in [0.5, 0.6) is 6.01 Å². The molecule has 0 spiro atoms. The number of aromatic nitrogens is 4. The van der Waals surface area contributed by atoms with E-state index in [0.29, 0.717) is 24.3 Å². The van der Waals surface area contributed by atoms with Crippen LogP contribution in [0.15, 0.2) is 35.1 Å². The molecule has 1 aliphatic rings. The van der Waals surface area contributed by atoms with Crippen LogP contribution in [-0.2, 0) is 13.0 Å². The van der Waals surface area contributed by atoms with E-state index in [1.165, 1.54) is 24.8 Å². The van der Waals surface area contributed by atoms with Crippen LogP contribution in [0.1, 0.15) is 44.6 Å². The standard InChI is InChI=1S/C24H34N6O2/c1-2-3-16-32-23-27-21(25)20-22(28-23)30(24(31)26-20)13-7-12-29-14-10-19(11-15-29)17-18-8-5-4-6-9-18/h4-6,8-9,19H,2-3,7,10-17H2,1H3,(H,26,31)(H2,25,27,28). The number of imidazole rings is 1. The number of aryl methyl sites for hydroxylation is 1. The number of fused-ring (bicyclic) bond motifs is 1. The number of nitrogens with zero attached hydrogens (tertiary/aromatic N) is 4. The molecule has 32 heavy (non-hydrogen) atoms. The summed E-state index contributed by atoms with van der Waals surface area (Å²) in [5, 5.41) is 0. The van der Waals surface area contributed by atoms with Gasteiger partial charge in [-0.2, -0.15) is 9.97 Å². The van der Waals surface area contributed by atoms with Crippen LogP contribution in [0.4, 0.5) is 5.82 Å². The summed E-state index contributed by atoms with van der Waals surface area (Å²) in [5.41, 5.74) is 8.28. The quantitative estimate of drug-likeness (QED) is 0.471. The normalized spacial score (nSPS) is 15.4. The van der Waals surface area contributed by atoms with Gasteiger partial charge in [-0.1, -0.05) is 43.7 Å². The zero-order valence-electron chi connectivity index (χ0n) is 18.9. The molecule has 1 fully saturated rings. The van der Waals surface area contributed by atoms with Gasteiger partial charge < -0.3 is 20.4 Å². The summed E-state index contributed by atoms with van der Waals surface area (Å²) in [7, 11) is 0. The van der Waals surface area contributed by atoms with E-state index >= 15 is 0 Å². The van der Waals surface area contributed by atoms with Crippen LogP contribution in [0, 0.1) is 5.92 Å². The highest BCUT2D eigenvalue weighted by Gasteiger charge is 2.20. The van der Waals surface area contributed by atoms with Gasteiger partial charge in [-0.05, 0) is 63.2 Å². The lowest BCUT2D eigenvalue weighted by atomic mass is 9.90. The molecule has 0 atom stereocenters. The van der Waals surface area contributed by atoms with Gasteiger partial charge in [0, 0.05) is 6.54 Å². The zero-order valence-corrected chi connectivity index (χ0v) is 18.9. The monoisotopic (exact) mass is 438 g/mol. The minimum atomic E-state index is -0.201. The highest BCUT2D eigenvalue weighted by atomic mass is 16.5. The average molecular weight is 439 g/mol. The summed E-state index contributed by atoms with van der Waals surface area (Å²) < 4.78 is 7.27. The first-order valence-electron chi connectivity index (χ1n) is 11.8. The van der Waals surface area contributed by atoms with Gasteiger partial charge in [0.1, 0.15) is 5.52 Å². The van der Waals surface area contributed by atoms with E-state index in [2.05, 4.69) is 57.1 Å². The summed E-state index contributed by atoms with van der Waals surface area (Å²) in [6.45, 7) is 6.43. The molecule has 4 rings (SSSR count). The molecule has 0 saturated carbocycles. The first-order valence-corrected chi connectivity index (χ1v) is 11.8. The Morgan fingerprint density at radius 2 is 1.91 bits per heavy atom. The second-order valence-electron chi connectivity index (χ2n) is 8.70. The van der Waals surface area contributed by atoms with Crippen molar-refractivity contribution < 1.29 is 4.74 Å². The van der Waals surface area contributed by atoms with E-state index in [4.69, 9.17) is 10.5 Å². The molecule has 0 unspecified atom stereocenters. The molecule has 1 saturated heterocycles. The number of nitrogens with two attached hydrogens (primary N) is 1. The van der Waals surface area contributed by atoms with E-state index in [1.54, 1.807) is 4.57 Å². The van der Waals surface area contributed by atoms with Crippen molar-refractivity contribution in [2.75, 3.05) is 32.0 Å². The molecule has 8 heteroatoms.